The third kappa shape index (κ3) is 6.35. The molecule has 1 aliphatic rings. The van der Waals surface area contributed by atoms with E-state index in [1.807, 2.05) is 57.2 Å². The lowest BCUT2D eigenvalue weighted by molar-refractivity contribution is -0.119. The number of hydrogen-bond donors (Lipinski definition) is 1. The Morgan fingerprint density at radius 3 is 2.71 bits per heavy atom. The molecule has 1 amide bonds. The average molecular weight is 498 g/mol. The van der Waals surface area contributed by atoms with Gasteiger partial charge in [-0.1, -0.05) is 30.0 Å². The van der Waals surface area contributed by atoms with Gasteiger partial charge in [0, 0.05) is 13.2 Å². The van der Waals surface area contributed by atoms with Crippen molar-refractivity contribution in [2.75, 3.05) is 25.6 Å². The van der Waals surface area contributed by atoms with E-state index in [9.17, 15) is 9.59 Å². The predicted molar refractivity (Wildman–Crippen MR) is 136 cm³/mol. The highest BCUT2D eigenvalue weighted by Crippen LogP contribution is 2.32. The molecule has 8 nitrogen and oxygen atoms in total. The van der Waals surface area contributed by atoms with Crippen molar-refractivity contribution in [1.82, 2.24) is 14.9 Å². The number of carbonyl (C=O) groups excluding carboxylic acids is 1. The van der Waals surface area contributed by atoms with Gasteiger partial charge < -0.3 is 19.5 Å². The number of fused-ring (bicyclic) bond motifs is 2. The summed E-state index contributed by atoms with van der Waals surface area (Å²) in [5.74, 6) is 1.40. The molecular weight excluding hydrogens is 466 g/mol. The number of rotatable bonds is 10. The molecule has 3 aromatic rings. The van der Waals surface area contributed by atoms with Crippen molar-refractivity contribution in [1.29, 1.82) is 0 Å². The van der Waals surface area contributed by atoms with Crippen LogP contribution < -0.4 is 20.3 Å². The maximum atomic E-state index is 13.1. The molecule has 0 spiro atoms. The van der Waals surface area contributed by atoms with Gasteiger partial charge in [-0.25, -0.2) is 4.98 Å². The highest BCUT2D eigenvalue weighted by atomic mass is 32.2. The minimum Gasteiger partial charge on any atom is -0.486 e. The summed E-state index contributed by atoms with van der Waals surface area (Å²) in [7, 11) is 0. The second kappa shape index (κ2) is 11.6. The van der Waals surface area contributed by atoms with E-state index in [2.05, 4.69) is 10.3 Å². The molecule has 0 aliphatic carbocycles. The summed E-state index contributed by atoms with van der Waals surface area (Å²) in [6.45, 7) is 7.96. The van der Waals surface area contributed by atoms with E-state index in [1.54, 1.807) is 10.6 Å². The number of para-hydroxylation sites is 1. The zero-order valence-electron chi connectivity index (χ0n) is 20.3. The molecule has 1 aliphatic heterocycles. The van der Waals surface area contributed by atoms with Crippen LogP contribution in [-0.4, -0.2) is 47.1 Å². The lowest BCUT2D eigenvalue weighted by atomic mass is 10.1. The van der Waals surface area contributed by atoms with Crippen LogP contribution in [0, 0.1) is 0 Å². The summed E-state index contributed by atoms with van der Waals surface area (Å²) in [5.41, 5.74) is 1.45. The standard InChI is InChI=1S/C26H31N3O5S/c1-17(2)32-12-6-11-29-25(31)20-7-4-5-8-21(20)28-26(29)35-16-24(30)27-18(3)19-9-10-22-23(15-19)34-14-13-33-22/h4-5,7-10,15,17-18H,6,11-14,16H2,1-3H3,(H,27,30)/t18-/m1/s1. The van der Waals surface area contributed by atoms with E-state index in [-0.39, 0.29) is 29.4 Å². The third-order valence-corrected chi connectivity index (χ3v) is 6.56. The van der Waals surface area contributed by atoms with E-state index in [0.717, 1.165) is 5.56 Å². The Bertz CT molecular complexity index is 1240. The molecule has 1 atom stereocenters. The van der Waals surface area contributed by atoms with Crippen molar-refractivity contribution in [3.8, 4) is 11.5 Å². The highest BCUT2D eigenvalue weighted by molar-refractivity contribution is 7.99. The van der Waals surface area contributed by atoms with Crippen LogP contribution in [0.15, 0.2) is 52.4 Å². The van der Waals surface area contributed by atoms with Crippen LogP contribution in [0.3, 0.4) is 0 Å². The molecule has 0 saturated heterocycles. The first-order chi connectivity index (χ1) is 16.9. The monoisotopic (exact) mass is 497 g/mol. The fourth-order valence-corrected chi connectivity index (χ4v) is 4.66. The van der Waals surface area contributed by atoms with Gasteiger partial charge in [0.25, 0.3) is 5.56 Å². The summed E-state index contributed by atoms with van der Waals surface area (Å²) in [6.07, 6.45) is 0.814. The molecule has 186 valence electrons. The fraction of sp³-hybridized carbons (Fsp3) is 0.423. The number of thioether (sulfide) groups is 1. The molecule has 9 heteroatoms. The molecule has 0 radical (unpaired) electrons. The minimum atomic E-state index is -0.209. The Labute approximate surface area is 209 Å². The van der Waals surface area contributed by atoms with Gasteiger partial charge in [-0.3, -0.25) is 14.2 Å². The van der Waals surface area contributed by atoms with Crippen molar-refractivity contribution in [2.24, 2.45) is 0 Å². The maximum absolute atomic E-state index is 13.1. The number of carbonyl (C=O) groups is 1. The topological polar surface area (TPSA) is 91.7 Å². The van der Waals surface area contributed by atoms with Gasteiger partial charge in [0.1, 0.15) is 13.2 Å². The first-order valence-corrected chi connectivity index (χ1v) is 12.8. The summed E-state index contributed by atoms with van der Waals surface area (Å²) in [6, 6.07) is 12.8. The molecule has 1 aromatic heterocycles. The Morgan fingerprint density at radius 2 is 1.91 bits per heavy atom. The van der Waals surface area contributed by atoms with Crippen LogP contribution in [-0.2, 0) is 16.1 Å². The van der Waals surface area contributed by atoms with Crippen molar-refractivity contribution in [3.63, 3.8) is 0 Å². The summed E-state index contributed by atoms with van der Waals surface area (Å²) >= 11 is 1.26. The lowest BCUT2D eigenvalue weighted by Crippen LogP contribution is -2.29. The first-order valence-electron chi connectivity index (χ1n) is 11.9. The van der Waals surface area contributed by atoms with E-state index < -0.39 is 0 Å². The van der Waals surface area contributed by atoms with Gasteiger partial charge in [-0.05, 0) is 57.0 Å². The first kappa shape index (κ1) is 25.1. The molecule has 4 rings (SSSR count). The Hall–Kier alpha value is -3.04. The lowest BCUT2D eigenvalue weighted by Gasteiger charge is -2.21. The molecule has 0 fully saturated rings. The minimum absolute atomic E-state index is 0.104. The number of benzene rings is 2. The summed E-state index contributed by atoms with van der Waals surface area (Å²) in [4.78, 5) is 30.6. The molecule has 35 heavy (non-hydrogen) atoms. The van der Waals surface area contributed by atoms with Crippen molar-refractivity contribution >= 4 is 28.6 Å². The van der Waals surface area contributed by atoms with Gasteiger partial charge >= 0.3 is 0 Å². The Balaban J connectivity index is 1.44. The number of amides is 1. The number of hydrogen-bond acceptors (Lipinski definition) is 7. The SMILES string of the molecule is CC(C)OCCCn1c(SCC(=O)N[C@H](C)c2ccc3c(c2)OCCO3)nc2ccccc2c1=O. The summed E-state index contributed by atoms with van der Waals surface area (Å²) < 4.78 is 18.5. The average Bonchev–Trinajstić information content (AvgIpc) is 2.86. The molecule has 0 bridgehead atoms. The van der Waals surface area contributed by atoms with E-state index >= 15 is 0 Å². The molecular formula is C26H31N3O5S. The van der Waals surface area contributed by atoms with Gasteiger partial charge in [0.05, 0.1) is 28.8 Å². The molecule has 2 aromatic carbocycles. The van der Waals surface area contributed by atoms with Gasteiger partial charge in [0.15, 0.2) is 16.7 Å². The fourth-order valence-electron chi connectivity index (χ4n) is 3.82. The van der Waals surface area contributed by atoms with E-state index in [0.29, 0.717) is 60.3 Å². The third-order valence-electron chi connectivity index (χ3n) is 5.58. The van der Waals surface area contributed by atoms with Gasteiger partial charge in [-0.2, -0.15) is 0 Å². The van der Waals surface area contributed by atoms with Crippen LogP contribution in [0.25, 0.3) is 10.9 Å². The van der Waals surface area contributed by atoms with Crippen LogP contribution in [0.2, 0.25) is 0 Å². The number of ether oxygens (including phenoxy) is 3. The van der Waals surface area contributed by atoms with Crippen LogP contribution in [0.5, 0.6) is 11.5 Å². The zero-order valence-corrected chi connectivity index (χ0v) is 21.1. The second-order valence-electron chi connectivity index (χ2n) is 8.62. The highest BCUT2D eigenvalue weighted by Gasteiger charge is 2.17. The quantitative estimate of drug-likeness (QED) is 0.258. The number of nitrogens with one attached hydrogen (secondary N) is 1. The van der Waals surface area contributed by atoms with E-state index in [1.165, 1.54) is 11.8 Å². The normalized spacial score (nSPS) is 13.7. The molecule has 0 saturated carbocycles. The molecule has 0 unspecified atom stereocenters. The zero-order chi connectivity index (χ0) is 24.8. The number of aromatic nitrogens is 2. The maximum Gasteiger partial charge on any atom is 0.262 e. The van der Waals surface area contributed by atoms with Crippen molar-refractivity contribution in [2.45, 2.75) is 51.0 Å². The van der Waals surface area contributed by atoms with Crippen molar-refractivity contribution < 1.29 is 19.0 Å². The van der Waals surface area contributed by atoms with Crippen LogP contribution >= 0.6 is 11.8 Å². The van der Waals surface area contributed by atoms with Gasteiger partial charge in [-0.15, -0.1) is 0 Å². The van der Waals surface area contributed by atoms with Crippen LogP contribution in [0.1, 0.15) is 38.8 Å². The van der Waals surface area contributed by atoms with Gasteiger partial charge in [0.2, 0.25) is 5.91 Å². The summed E-state index contributed by atoms with van der Waals surface area (Å²) in [5, 5.41) is 4.11. The Kier molecular flexibility index (Phi) is 8.30. The largest absolute Gasteiger partial charge is 0.486 e. The predicted octanol–water partition coefficient (Wildman–Crippen LogP) is 3.95. The van der Waals surface area contributed by atoms with Crippen LogP contribution in [0.4, 0.5) is 0 Å². The van der Waals surface area contributed by atoms with E-state index in [4.69, 9.17) is 14.2 Å². The number of nitrogens with zero attached hydrogens (tertiary/aromatic N) is 2. The smallest absolute Gasteiger partial charge is 0.262 e. The van der Waals surface area contributed by atoms with Crippen molar-refractivity contribution in [3.05, 3.63) is 58.4 Å². The molecule has 2 heterocycles. The molecule has 1 N–H and O–H groups in total. The second-order valence-corrected chi connectivity index (χ2v) is 9.56. The Morgan fingerprint density at radius 1 is 1.14 bits per heavy atom.